The van der Waals surface area contributed by atoms with Crippen molar-refractivity contribution in [1.29, 1.82) is 0 Å². The van der Waals surface area contributed by atoms with Crippen LogP contribution in [0.25, 0.3) is 0 Å². The number of carbonyl (C=O) groups is 2. The van der Waals surface area contributed by atoms with Crippen molar-refractivity contribution in [1.82, 2.24) is 0 Å². The predicted molar refractivity (Wildman–Crippen MR) is 69.7 cm³/mol. The van der Waals surface area contributed by atoms with Crippen molar-refractivity contribution >= 4 is 11.8 Å². The third kappa shape index (κ3) is 2.86. The smallest absolute Gasteiger partial charge is 0.319 e. The van der Waals surface area contributed by atoms with E-state index < -0.39 is 11.4 Å². The molecule has 0 unspecified atom stereocenters. The molecule has 5 heteroatoms. The van der Waals surface area contributed by atoms with Crippen LogP contribution in [0.1, 0.15) is 24.2 Å². The summed E-state index contributed by atoms with van der Waals surface area (Å²) in [5.74, 6) is -0.0648. The highest BCUT2D eigenvalue weighted by Crippen LogP contribution is 2.31. The largest absolute Gasteiger partial charge is 0.497 e. The molecule has 0 fully saturated rings. The molecule has 0 aliphatic rings. The first-order valence-corrected chi connectivity index (χ1v) is 5.73. The zero-order valence-electron chi connectivity index (χ0n) is 11.8. The summed E-state index contributed by atoms with van der Waals surface area (Å²) in [7, 11) is 4.21. The molecule has 0 saturated carbocycles. The van der Waals surface area contributed by atoms with Crippen LogP contribution >= 0.6 is 0 Å². The van der Waals surface area contributed by atoms with Gasteiger partial charge in [0.1, 0.15) is 16.9 Å². The van der Waals surface area contributed by atoms with Gasteiger partial charge in [-0.15, -0.1) is 0 Å². The van der Waals surface area contributed by atoms with Gasteiger partial charge in [0.15, 0.2) is 5.78 Å². The van der Waals surface area contributed by atoms with Gasteiger partial charge in [0, 0.05) is 0 Å². The Morgan fingerprint density at radius 2 is 1.68 bits per heavy atom. The average Bonchev–Trinajstić information content (AvgIpc) is 2.44. The normalized spacial score (nSPS) is 10.8. The monoisotopic (exact) mass is 266 g/mol. The minimum atomic E-state index is -1.28. The van der Waals surface area contributed by atoms with Crippen molar-refractivity contribution in [3.63, 3.8) is 0 Å². The van der Waals surface area contributed by atoms with Gasteiger partial charge in [-0.1, -0.05) is 0 Å². The molecule has 0 aromatic heterocycles. The average molecular weight is 266 g/mol. The van der Waals surface area contributed by atoms with Gasteiger partial charge in [0.05, 0.1) is 26.9 Å². The molecule has 0 N–H and O–H groups in total. The van der Waals surface area contributed by atoms with E-state index in [1.54, 1.807) is 18.2 Å². The van der Waals surface area contributed by atoms with Crippen LogP contribution in [0.2, 0.25) is 0 Å². The number of hydrogen-bond donors (Lipinski definition) is 0. The standard InChI is InChI=1S/C14H18O5/c1-14(2,13(16)19-5)12(15)10-8-9(17-3)6-7-11(10)18-4/h6-8H,1-5H3. The Morgan fingerprint density at radius 3 is 2.16 bits per heavy atom. The second kappa shape index (κ2) is 5.73. The summed E-state index contributed by atoms with van der Waals surface area (Å²) >= 11 is 0. The lowest BCUT2D eigenvalue weighted by Crippen LogP contribution is -2.34. The van der Waals surface area contributed by atoms with Gasteiger partial charge in [0.2, 0.25) is 0 Å². The Balaban J connectivity index is 3.28. The van der Waals surface area contributed by atoms with E-state index in [0.29, 0.717) is 11.5 Å². The van der Waals surface area contributed by atoms with Crippen LogP contribution in [0.4, 0.5) is 0 Å². The van der Waals surface area contributed by atoms with Crippen LogP contribution in [0, 0.1) is 5.41 Å². The number of rotatable bonds is 5. The molecular formula is C14H18O5. The quantitative estimate of drug-likeness (QED) is 0.464. The van der Waals surface area contributed by atoms with E-state index in [2.05, 4.69) is 4.74 Å². The third-order valence-corrected chi connectivity index (χ3v) is 2.91. The number of benzene rings is 1. The lowest BCUT2D eigenvalue weighted by molar-refractivity contribution is -0.147. The van der Waals surface area contributed by atoms with Crippen LogP contribution in [-0.4, -0.2) is 33.1 Å². The molecular weight excluding hydrogens is 248 g/mol. The number of Topliss-reactive ketones (excluding diaryl/α,β-unsaturated/α-hetero) is 1. The first-order chi connectivity index (χ1) is 8.88. The zero-order chi connectivity index (χ0) is 14.6. The summed E-state index contributed by atoms with van der Waals surface area (Å²) in [6.45, 7) is 3.03. The fourth-order valence-electron chi connectivity index (χ4n) is 1.68. The molecule has 0 amide bonds. The van der Waals surface area contributed by atoms with E-state index in [1.807, 2.05) is 0 Å². The highest BCUT2D eigenvalue weighted by atomic mass is 16.5. The van der Waals surface area contributed by atoms with Crippen LogP contribution in [0.3, 0.4) is 0 Å². The molecule has 5 nitrogen and oxygen atoms in total. The van der Waals surface area contributed by atoms with Gasteiger partial charge >= 0.3 is 5.97 Å². The molecule has 0 aliphatic heterocycles. The molecule has 19 heavy (non-hydrogen) atoms. The van der Waals surface area contributed by atoms with E-state index in [9.17, 15) is 9.59 Å². The molecule has 0 aliphatic carbocycles. The molecule has 1 rings (SSSR count). The summed E-state index contributed by atoms with van der Waals surface area (Å²) in [5, 5.41) is 0. The van der Waals surface area contributed by atoms with Crippen LogP contribution in [0.15, 0.2) is 18.2 Å². The molecule has 0 radical (unpaired) electrons. The fourth-order valence-corrected chi connectivity index (χ4v) is 1.68. The van der Waals surface area contributed by atoms with Crippen molar-refractivity contribution in [3.8, 4) is 11.5 Å². The first kappa shape index (κ1) is 15.0. The van der Waals surface area contributed by atoms with Crippen molar-refractivity contribution in [3.05, 3.63) is 23.8 Å². The van der Waals surface area contributed by atoms with Crippen molar-refractivity contribution < 1.29 is 23.8 Å². The summed E-state index contributed by atoms with van der Waals surface area (Å²) < 4.78 is 14.9. The maximum atomic E-state index is 12.5. The van der Waals surface area contributed by atoms with E-state index in [4.69, 9.17) is 9.47 Å². The molecule has 1 aromatic carbocycles. The summed E-state index contributed by atoms with van der Waals surface area (Å²) in [4.78, 5) is 24.2. The second-order valence-electron chi connectivity index (χ2n) is 4.51. The van der Waals surface area contributed by atoms with Crippen LogP contribution < -0.4 is 9.47 Å². The Kier molecular flexibility index (Phi) is 4.53. The Hall–Kier alpha value is -2.04. The van der Waals surface area contributed by atoms with Crippen molar-refractivity contribution in [2.24, 2.45) is 5.41 Å². The minimum absolute atomic E-state index is 0.289. The lowest BCUT2D eigenvalue weighted by Gasteiger charge is -2.21. The Labute approximate surface area is 112 Å². The molecule has 0 atom stereocenters. The molecule has 104 valence electrons. The van der Waals surface area contributed by atoms with E-state index in [0.717, 1.165) is 0 Å². The van der Waals surface area contributed by atoms with Crippen LogP contribution in [-0.2, 0) is 9.53 Å². The van der Waals surface area contributed by atoms with Gasteiger partial charge in [-0.2, -0.15) is 0 Å². The number of esters is 1. The SMILES string of the molecule is COC(=O)C(C)(C)C(=O)c1cc(OC)ccc1OC. The highest BCUT2D eigenvalue weighted by molar-refractivity contribution is 6.13. The number of hydrogen-bond acceptors (Lipinski definition) is 5. The van der Waals surface area contributed by atoms with E-state index in [-0.39, 0.29) is 11.3 Å². The van der Waals surface area contributed by atoms with Gasteiger partial charge < -0.3 is 14.2 Å². The Morgan fingerprint density at radius 1 is 1.05 bits per heavy atom. The van der Waals surface area contributed by atoms with E-state index >= 15 is 0 Å². The van der Waals surface area contributed by atoms with Gasteiger partial charge in [-0.25, -0.2) is 0 Å². The number of ketones is 1. The van der Waals surface area contributed by atoms with Crippen molar-refractivity contribution in [2.45, 2.75) is 13.8 Å². The second-order valence-corrected chi connectivity index (χ2v) is 4.51. The third-order valence-electron chi connectivity index (χ3n) is 2.91. The molecule has 0 spiro atoms. The topological polar surface area (TPSA) is 61.8 Å². The Bertz CT molecular complexity index is 491. The molecule has 0 bridgehead atoms. The van der Waals surface area contributed by atoms with Gasteiger partial charge in [-0.05, 0) is 32.0 Å². The number of methoxy groups -OCH3 is 3. The molecule has 1 aromatic rings. The lowest BCUT2D eigenvalue weighted by atomic mass is 9.84. The van der Waals surface area contributed by atoms with Gasteiger partial charge in [-0.3, -0.25) is 9.59 Å². The fraction of sp³-hybridized carbons (Fsp3) is 0.429. The predicted octanol–water partition coefficient (Wildman–Crippen LogP) is 2.09. The van der Waals surface area contributed by atoms with Crippen molar-refractivity contribution in [2.75, 3.05) is 21.3 Å². The summed E-state index contributed by atoms with van der Waals surface area (Å²) in [5.41, 5.74) is -0.994. The summed E-state index contributed by atoms with van der Waals surface area (Å²) in [6.07, 6.45) is 0. The zero-order valence-corrected chi connectivity index (χ0v) is 11.8. The molecule has 0 heterocycles. The van der Waals surface area contributed by atoms with E-state index in [1.165, 1.54) is 35.2 Å². The molecule has 0 saturated heterocycles. The number of ether oxygens (including phenoxy) is 3. The maximum Gasteiger partial charge on any atom is 0.319 e. The maximum absolute atomic E-state index is 12.5. The van der Waals surface area contributed by atoms with Gasteiger partial charge in [0.25, 0.3) is 0 Å². The summed E-state index contributed by atoms with van der Waals surface area (Å²) in [6, 6.07) is 4.85. The highest BCUT2D eigenvalue weighted by Gasteiger charge is 2.39. The minimum Gasteiger partial charge on any atom is -0.497 e. The first-order valence-electron chi connectivity index (χ1n) is 5.73. The van der Waals surface area contributed by atoms with Crippen LogP contribution in [0.5, 0.6) is 11.5 Å². The number of carbonyl (C=O) groups excluding carboxylic acids is 2.